The van der Waals surface area contributed by atoms with Crippen molar-refractivity contribution in [1.29, 1.82) is 0 Å². The van der Waals surface area contributed by atoms with E-state index in [4.69, 9.17) is 16.0 Å². The largest absolute Gasteiger partial charge is 0.416 e. The van der Waals surface area contributed by atoms with E-state index in [1.165, 1.54) is 24.3 Å². The third-order valence-corrected chi connectivity index (χ3v) is 10.6. The fourth-order valence-electron chi connectivity index (χ4n) is 3.68. The van der Waals surface area contributed by atoms with Crippen molar-refractivity contribution in [3.63, 3.8) is 0 Å². The Hall–Kier alpha value is -1.48. The highest BCUT2D eigenvalue weighted by atomic mass is 35.5. The van der Waals surface area contributed by atoms with Gasteiger partial charge in [-0.25, -0.2) is 8.78 Å². The van der Waals surface area contributed by atoms with Crippen molar-refractivity contribution in [1.82, 2.24) is 5.32 Å². The molecular formula is C22H27ClF5NOSi. The van der Waals surface area contributed by atoms with Gasteiger partial charge in [-0.3, -0.25) is 0 Å². The summed E-state index contributed by atoms with van der Waals surface area (Å²) in [4.78, 5) is 0. The van der Waals surface area contributed by atoms with Crippen LogP contribution in [0.3, 0.4) is 0 Å². The first-order valence-electron chi connectivity index (χ1n) is 10.2. The average Bonchev–Trinajstić information content (AvgIpc) is 2.69. The molecule has 0 amide bonds. The summed E-state index contributed by atoms with van der Waals surface area (Å²) in [5.41, 5.74) is -0.604. The zero-order chi connectivity index (χ0) is 23.2. The van der Waals surface area contributed by atoms with Gasteiger partial charge in [0.1, 0.15) is 11.6 Å². The summed E-state index contributed by atoms with van der Waals surface area (Å²) in [6.07, 6.45) is -5.54. The van der Waals surface area contributed by atoms with Crippen molar-refractivity contribution in [2.75, 3.05) is 6.54 Å². The standard InChI is InChI=1S/C22H27ClF5NOSi/c1-4-31(5-2,6-3)30-20(14-29-13-15-10-16(24)12-17(25)11-15)21-18(22(26,27)28)8-7-9-19(21)23/h7-12,20,29H,4-6,13-14H2,1-3H3. The minimum atomic E-state index is -4.59. The highest BCUT2D eigenvalue weighted by Crippen LogP contribution is 2.41. The first-order chi connectivity index (χ1) is 14.5. The van der Waals surface area contributed by atoms with Crippen LogP contribution in [0.5, 0.6) is 0 Å². The van der Waals surface area contributed by atoms with Crippen LogP contribution in [0.1, 0.15) is 43.6 Å². The van der Waals surface area contributed by atoms with Gasteiger partial charge in [0.15, 0.2) is 8.32 Å². The van der Waals surface area contributed by atoms with Gasteiger partial charge in [-0.2, -0.15) is 13.2 Å². The maximum Gasteiger partial charge on any atom is 0.416 e. The van der Waals surface area contributed by atoms with Crippen LogP contribution in [0.15, 0.2) is 36.4 Å². The second kappa shape index (κ2) is 10.9. The van der Waals surface area contributed by atoms with Gasteiger partial charge in [0.2, 0.25) is 0 Å². The van der Waals surface area contributed by atoms with Crippen LogP contribution < -0.4 is 5.32 Å². The van der Waals surface area contributed by atoms with Gasteiger partial charge >= 0.3 is 6.18 Å². The smallest absolute Gasteiger partial charge is 0.409 e. The number of hydrogen-bond acceptors (Lipinski definition) is 2. The Morgan fingerprint density at radius 1 is 1.00 bits per heavy atom. The molecule has 172 valence electrons. The molecule has 2 aromatic carbocycles. The summed E-state index contributed by atoms with van der Waals surface area (Å²) in [6.45, 7) is 6.03. The Labute approximate surface area is 185 Å². The highest BCUT2D eigenvalue weighted by Gasteiger charge is 2.39. The fourth-order valence-corrected chi connectivity index (χ4v) is 6.78. The van der Waals surface area contributed by atoms with Crippen LogP contribution in [0, 0.1) is 11.6 Å². The first-order valence-corrected chi connectivity index (χ1v) is 13.1. The van der Waals surface area contributed by atoms with Crippen LogP contribution in [-0.2, 0) is 17.1 Å². The Morgan fingerprint density at radius 3 is 2.10 bits per heavy atom. The molecule has 0 aromatic heterocycles. The lowest BCUT2D eigenvalue weighted by Gasteiger charge is -2.35. The molecule has 0 saturated heterocycles. The van der Waals surface area contributed by atoms with Crippen LogP contribution >= 0.6 is 11.6 Å². The predicted molar refractivity (Wildman–Crippen MR) is 116 cm³/mol. The molecule has 1 unspecified atom stereocenters. The van der Waals surface area contributed by atoms with Crippen LogP contribution in [0.4, 0.5) is 22.0 Å². The molecule has 2 nitrogen and oxygen atoms in total. The Balaban J connectivity index is 2.38. The van der Waals surface area contributed by atoms with Gasteiger partial charge in [0.05, 0.1) is 11.7 Å². The monoisotopic (exact) mass is 479 g/mol. The molecular weight excluding hydrogens is 453 g/mol. The van der Waals surface area contributed by atoms with Gasteiger partial charge in [0.25, 0.3) is 0 Å². The molecule has 0 bridgehead atoms. The minimum Gasteiger partial charge on any atom is -0.409 e. The van der Waals surface area contributed by atoms with Gasteiger partial charge in [-0.15, -0.1) is 0 Å². The quantitative estimate of drug-likeness (QED) is 0.281. The molecule has 0 radical (unpaired) electrons. The summed E-state index contributed by atoms with van der Waals surface area (Å²) < 4.78 is 74.5. The molecule has 2 aromatic rings. The molecule has 0 heterocycles. The number of hydrogen-bond donors (Lipinski definition) is 1. The molecule has 0 aliphatic carbocycles. The second-order valence-corrected chi connectivity index (χ2v) is 12.6. The number of alkyl halides is 3. The Bertz CT molecular complexity index is 845. The normalized spacial score (nSPS) is 13.5. The topological polar surface area (TPSA) is 21.3 Å². The summed E-state index contributed by atoms with van der Waals surface area (Å²) in [7, 11) is -2.30. The van der Waals surface area contributed by atoms with Crippen molar-refractivity contribution >= 4 is 19.9 Å². The van der Waals surface area contributed by atoms with Crippen LogP contribution in [0.25, 0.3) is 0 Å². The summed E-state index contributed by atoms with van der Waals surface area (Å²) >= 11 is 6.23. The number of benzene rings is 2. The van der Waals surface area contributed by atoms with Crippen molar-refractivity contribution in [3.8, 4) is 0 Å². The van der Waals surface area contributed by atoms with E-state index in [9.17, 15) is 22.0 Å². The van der Waals surface area contributed by atoms with Crippen LogP contribution in [-0.4, -0.2) is 14.9 Å². The molecule has 0 saturated carbocycles. The molecule has 9 heteroatoms. The zero-order valence-corrected chi connectivity index (χ0v) is 19.5. The van der Waals surface area contributed by atoms with E-state index in [2.05, 4.69) is 5.32 Å². The Morgan fingerprint density at radius 2 is 1.58 bits per heavy atom. The number of halogens is 6. The zero-order valence-electron chi connectivity index (χ0n) is 17.8. The lowest BCUT2D eigenvalue weighted by Crippen LogP contribution is -2.40. The van der Waals surface area contributed by atoms with E-state index in [0.717, 1.165) is 30.3 Å². The van der Waals surface area contributed by atoms with Crippen LogP contribution in [0.2, 0.25) is 23.2 Å². The fraction of sp³-hybridized carbons (Fsp3) is 0.455. The van der Waals surface area contributed by atoms with Crippen molar-refractivity contribution in [2.24, 2.45) is 0 Å². The molecule has 2 rings (SSSR count). The molecule has 0 aliphatic rings. The minimum absolute atomic E-state index is 0.0136. The second-order valence-electron chi connectivity index (χ2n) is 7.46. The Kier molecular flexibility index (Phi) is 9.06. The molecule has 31 heavy (non-hydrogen) atoms. The van der Waals surface area contributed by atoms with E-state index in [0.29, 0.717) is 5.56 Å². The van der Waals surface area contributed by atoms with E-state index in [1.54, 1.807) is 0 Å². The summed E-state index contributed by atoms with van der Waals surface area (Å²) in [6, 6.07) is 9.02. The van der Waals surface area contributed by atoms with Crippen molar-refractivity contribution in [3.05, 3.63) is 69.7 Å². The highest BCUT2D eigenvalue weighted by molar-refractivity contribution is 6.73. The van der Waals surface area contributed by atoms with Crippen molar-refractivity contribution < 1.29 is 26.4 Å². The third kappa shape index (κ3) is 6.75. The van der Waals surface area contributed by atoms with Crippen molar-refractivity contribution in [2.45, 2.75) is 57.7 Å². The lowest BCUT2D eigenvalue weighted by molar-refractivity contribution is -0.139. The summed E-state index contributed by atoms with van der Waals surface area (Å²) in [5.74, 6) is -1.44. The summed E-state index contributed by atoms with van der Waals surface area (Å²) in [5, 5.41) is 2.97. The molecule has 1 atom stereocenters. The number of nitrogens with one attached hydrogen (secondary N) is 1. The van der Waals surface area contributed by atoms with Gasteiger partial charge in [-0.05, 0) is 48.0 Å². The van der Waals surface area contributed by atoms with Gasteiger partial charge in [0, 0.05) is 29.7 Å². The van der Waals surface area contributed by atoms with Gasteiger partial charge < -0.3 is 9.74 Å². The third-order valence-electron chi connectivity index (χ3n) is 5.59. The maximum atomic E-state index is 13.7. The molecule has 0 fully saturated rings. The van der Waals surface area contributed by atoms with E-state index < -0.39 is 37.8 Å². The first kappa shape index (κ1) is 25.8. The van der Waals surface area contributed by atoms with Gasteiger partial charge in [-0.1, -0.05) is 38.4 Å². The van der Waals surface area contributed by atoms with E-state index in [-0.39, 0.29) is 23.7 Å². The van der Waals surface area contributed by atoms with E-state index >= 15 is 0 Å². The average molecular weight is 480 g/mol. The molecule has 0 spiro atoms. The van der Waals surface area contributed by atoms with E-state index in [1.807, 2.05) is 20.8 Å². The number of rotatable bonds is 10. The lowest BCUT2D eigenvalue weighted by atomic mass is 10.0. The SMILES string of the molecule is CC[Si](CC)(CC)OC(CNCc1cc(F)cc(F)c1)c1c(Cl)cccc1C(F)(F)F. The molecule has 0 aliphatic heterocycles. The maximum absolute atomic E-state index is 13.7. The molecule has 1 N–H and O–H groups in total. The predicted octanol–water partition coefficient (Wildman–Crippen LogP) is 7.49.